The van der Waals surface area contributed by atoms with Gasteiger partial charge in [0.15, 0.2) is 11.5 Å². The molecule has 12 heteroatoms. The van der Waals surface area contributed by atoms with Crippen molar-refractivity contribution in [2.24, 2.45) is 13.0 Å². The fraction of sp³-hybridized carbons (Fsp3) is 0.467. The number of benzene rings is 2. The monoisotopic (exact) mass is 600 g/mol. The van der Waals surface area contributed by atoms with E-state index < -0.39 is 17.7 Å². The highest BCUT2D eigenvalue weighted by Crippen LogP contribution is 2.29. The summed E-state index contributed by atoms with van der Waals surface area (Å²) in [6, 6.07) is 9.72. The number of hydrogen-bond donors (Lipinski definition) is 2. The maximum absolute atomic E-state index is 15.0. The minimum Gasteiger partial charge on any atom is -0.481 e. The summed E-state index contributed by atoms with van der Waals surface area (Å²) in [4.78, 5) is 42.5. The number of aliphatic carboxylic acids is 1. The third kappa shape index (κ3) is 6.97. The third-order valence-electron chi connectivity index (χ3n) is 8.01. The number of ketones is 1. The van der Waals surface area contributed by atoms with Gasteiger partial charge in [-0.2, -0.15) is 10.2 Å². The number of carboxylic acid groups (broad SMARTS) is 1. The number of rotatable bonds is 11. The molecule has 1 saturated carbocycles. The number of hydroxylamine groups is 2. The first kappa shape index (κ1) is 30.1. The Morgan fingerprint density at radius 2 is 1.90 bits per heavy atom. The molecule has 2 heterocycles. The summed E-state index contributed by atoms with van der Waals surface area (Å²) in [5, 5.41) is 18.6. The zero-order valence-corrected chi connectivity index (χ0v) is 24.1. The van der Waals surface area contributed by atoms with Gasteiger partial charge in [0.05, 0.1) is 40.9 Å². The number of amides is 1. The molecule has 3 aromatic rings. The van der Waals surface area contributed by atoms with Crippen LogP contribution in [0.5, 0.6) is 0 Å². The van der Waals surface area contributed by atoms with Crippen LogP contribution in [0.15, 0.2) is 36.4 Å². The Balaban J connectivity index is 1.11. The summed E-state index contributed by atoms with van der Waals surface area (Å²) in [6.07, 6.45) is 4.27. The van der Waals surface area contributed by atoms with Crippen LogP contribution in [0.4, 0.5) is 10.1 Å². The van der Waals surface area contributed by atoms with Crippen LogP contribution in [0.1, 0.15) is 54.6 Å². The van der Waals surface area contributed by atoms with Crippen molar-refractivity contribution in [3.63, 3.8) is 0 Å². The minimum absolute atomic E-state index is 0.000275. The summed E-state index contributed by atoms with van der Waals surface area (Å²) in [7, 11) is 1.73. The highest BCUT2D eigenvalue weighted by Gasteiger charge is 2.30. The number of anilines is 1. The number of nitrogens with zero attached hydrogens (tertiary/aromatic N) is 3. The Labute approximate surface area is 247 Å². The average molecular weight is 601 g/mol. The second-order valence-electron chi connectivity index (χ2n) is 10.9. The van der Waals surface area contributed by atoms with E-state index in [9.17, 15) is 18.8 Å². The van der Waals surface area contributed by atoms with E-state index in [1.54, 1.807) is 28.9 Å². The third-order valence-corrected chi connectivity index (χ3v) is 8.32. The fourth-order valence-electron chi connectivity index (χ4n) is 5.67. The van der Waals surface area contributed by atoms with E-state index >= 15 is 0 Å². The molecule has 224 valence electrons. The molecule has 0 radical (unpaired) electrons. The molecule has 2 fully saturated rings. The van der Waals surface area contributed by atoms with Crippen molar-refractivity contribution in [1.29, 1.82) is 0 Å². The Bertz CT molecular complexity index is 1470. The van der Waals surface area contributed by atoms with Gasteiger partial charge in [0.2, 0.25) is 0 Å². The van der Waals surface area contributed by atoms with Gasteiger partial charge in [-0.25, -0.2) is 4.39 Å². The van der Waals surface area contributed by atoms with E-state index in [-0.39, 0.29) is 58.8 Å². The van der Waals surface area contributed by atoms with Crippen molar-refractivity contribution in [2.45, 2.75) is 57.1 Å². The summed E-state index contributed by atoms with van der Waals surface area (Å²) in [6.45, 7) is 0.887. The molecule has 1 saturated heterocycles. The lowest BCUT2D eigenvalue weighted by Gasteiger charge is -2.29. The highest BCUT2D eigenvalue weighted by molar-refractivity contribution is 6.34. The van der Waals surface area contributed by atoms with Crippen LogP contribution in [0.3, 0.4) is 0 Å². The van der Waals surface area contributed by atoms with E-state index in [1.165, 1.54) is 6.07 Å². The molecule has 0 unspecified atom stereocenters. The first-order valence-corrected chi connectivity index (χ1v) is 14.5. The van der Waals surface area contributed by atoms with Gasteiger partial charge in [-0.15, -0.1) is 0 Å². The van der Waals surface area contributed by atoms with Crippen LogP contribution >= 0.6 is 11.6 Å². The summed E-state index contributed by atoms with van der Waals surface area (Å²) >= 11 is 6.36. The lowest BCUT2D eigenvalue weighted by atomic mass is 9.87. The van der Waals surface area contributed by atoms with Crippen LogP contribution in [0.25, 0.3) is 10.9 Å². The predicted molar refractivity (Wildman–Crippen MR) is 154 cm³/mol. The molecule has 1 aliphatic carbocycles. The molecule has 10 nitrogen and oxygen atoms in total. The molecule has 2 N–H and O–H groups in total. The van der Waals surface area contributed by atoms with Crippen LogP contribution in [0.2, 0.25) is 5.02 Å². The molecule has 1 amide bonds. The molecular weight excluding hydrogens is 567 g/mol. The second-order valence-corrected chi connectivity index (χ2v) is 11.3. The smallest absolute Gasteiger partial charge is 0.306 e. The number of ether oxygens (including phenoxy) is 1. The second kappa shape index (κ2) is 13.3. The van der Waals surface area contributed by atoms with Crippen molar-refractivity contribution in [2.75, 3.05) is 25.1 Å². The number of hydrogen-bond acceptors (Lipinski definition) is 7. The Kier molecular flexibility index (Phi) is 9.52. The number of aryl methyl sites for hydroxylation is 1. The van der Waals surface area contributed by atoms with Crippen molar-refractivity contribution in [3.8, 4) is 0 Å². The SMILES string of the molecule is Cn1nc(C(=O)Nc2cc(F)c(CC(=O)CON3CCC[C@@H]3COC3CCC(C(=O)O)CC3)cc2Cl)c2ccccc21. The number of aromatic nitrogens is 2. The Hall–Kier alpha value is -3.38. The zero-order chi connectivity index (χ0) is 29.8. The largest absolute Gasteiger partial charge is 0.481 e. The average Bonchev–Trinajstić information content (AvgIpc) is 3.57. The van der Waals surface area contributed by atoms with Gasteiger partial charge in [0.25, 0.3) is 5.91 Å². The lowest BCUT2D eigenvalue weighted by molar-refractivity contribution is -0.186. The summed E-state index contributed by atoms with van der Waals surface area (Å²) in [5.41, 5.74) is 1.16. The van der Waals surface area contributed by atoms with E-state index in [2.05, 4.69) is 10.4 Å². The fourth-order valence-corrected chi connectivity index (χ4v) is 5.90. The van der Waals surface area contributed by atoms with Gasteiger partial charge in [-0.3, -0.25) is 23.9 Å². The number of fused-ring (bicyclic) bond motifs is 1. The topological polar surface area (TPSA) is 123 Å². The zero-order valence-electron chi connectivity index (χ0n) is 23.4. The molecule has 2 aliphatic rings. The summed E-state index contributed by atoms with van der Waals surface area (Å²) < 4.78 is 22.6. The molecule has 1 atom stereocenters. The minimum atomic E-state index is -0.743. The van der Waals surface area contributed by atoms with Crippen LogP contribution < -0.4 is 5.32 Å². The quantitative estimate of drug-likeness (QED) is 0.322. The van der Waals surface area contributed by atoms with Crippen molar-refractivity contribution < 1.29 is 33.5 Å². The van der Waals surface area contributed by atoms with Gasteiger partial charge >= 0.3 is 5.97 Å². The van der Waals surface area contributed by atoms with E-state index in [1.807, 2.05) is 12.1 Å². The standard InChI is InChI=1S/C30H34ClFN4O6/c1-35-27-7-3-2-6-23(27)28(34-35)29(38)33-26-15-25(32)19(14-24(26)31)13-21(37)17-42-36-12-4-5-20(36)16-41-22-10-8-18(9-11-22)30(39)40/h2-3,6-7,14-15,18,20,22H,4-5,8-13,16-17H2,1H3,(H,33,38)(H,39,40)/t18?,20-,22?/m1/s1. The van der Waals surface area contributed by atoms with Crippen LogP contribution in [0, 0.1) is 11.7 Å². The molecule has 42 heavy (non-hydrogen) atoms. The molecule has 1 aliphatic heterocycles. The predicted octanol–water partition coefficient (Wildman–Crippen LogP) is 4.79. The van der Waals surface area contributed by atoms with Gasteiger partial charge in [0, 0.05) is 25.4 Å². The Morgan fingerprint density at radius 1 is 1.14 bits per heavy atom. The number of Topliss-reactive ketones (excluding diaryl/α,β-unsaturated/α-hetero) is 1. The lowest BCUT2D eigenvalue weighted by Crippen LogP contribution is -2.37. The van der Waals surface area contributed by atoms with Crippen molar-refractivity contribution in [3.05, 3.63) is 58.5 Å². The van der Waals surface area contributed by atoms with Gasteiger partial charge in [0.1, 0.15) is 12.4 Å². The number of halogens is 2. The summed E-state index contributed by atoms with van der Waals surface area (Å²) in [5.74, 6) is -2.54. The number of carbonyl (C=O) groups excluding carboxylic acids is 2. The van der Waals surface area contributed by atoms with E-state index in [4.69, 9.17) is 26.3 Å². The normalized spacial score (nSPS) is 21.1. The number of carboxylic acids is 1. The number of nitrogens with one attached hydrogen (secondary N) is 1. The molecule has 0 bridgehead atoms. The Morgan fingerprint density at radius 3 is 2.67 bits per heavy atom. The van der Waals surface area contributed by atoms with Crippen LogP contribution in [-0.2, 0) is 32.6 Å². The van der Waals surface area contributed by atoms with Gasteiger partial charge < -0.3 is 15.2 Å². The molecular formula is C30H34ClFN4O6. The molecule has 2 aromatic carbocycles. The van der Waals surface area contributed by atoms with Gasteiger partial charge in [-0.05, 0) is 62.3 Å². The molecule has 1 aromatic heterocycles. The number of carbonyl (C=O) groups is 3. The first-order valence-electron chi connectivity index (χ1n) is 14.2. The number of para-hydroxylation sites is 1. The first-order chi connectivity index (χ1) is 20.2. The highest BCUT2D eigenvalue weighted by atomic mass is 35.5. The van der Waals surface area contributed by atoms with E-state index in [0.717, 1.165) is 37.3 Å². The van der Waals surface area contributed by atoms with E-state index in [0.29, 0.717) is 31.4 Å². The molecule has 5 rings (SSSR count). The maximum atomic E-state index is 15.0. The van der Waals surface area contributed by atoms with Gasteiger partial charge in [-0.1, -0.05) is 29.8 Å². The van der Waals surface area contributed by atoms with Crippen molar-refractivity contribution in [1.82, 2.24) is 14.8 Å². The van der Waals surface area contributed by atoms with Crippen molar-refractivity contribution >= 4 is 45.9 Å². The van der Waals surface area contributed by atoms with Crippen LogP contribution in [-0.4, -0.2) is 69.5 Å². The molecule has 0 spiro atoms. The maximum Gasteiger partial charge on any atom is 0.306 e.